The Kier molecular flexibility index (Phi) is 4.95. The lowest BCUT2D eigenvalue weighted by atomic mass is 9.95. The molecule has 1 aliphatic carbocycles. The molecule has 25 heavy (non-hydrogen) atoms. The predicted octanol–water partition coefficient (Wildman–Crippen LogP) is 3.15. The van der Waals surface area contributed by atoms with Gasteiger partial charge in [0.05, 0.1) is 5.41 Å². The first-order valence-electron chi connectivity index (χ1n) is 7.97. The van der Waals surface area contributed by atoms with Crippen molar-refractivity contribution in [3.8, 4) is 5.75 Å². The molecule has 2 aromatic rings. The summed E-state index contributed by atoms with van der Waals surface area (Å²) in [5, 5.41) is 12.2. The largest absolute Gasteiger partial charge is 0.482 e. The van der Waals surface area contributed by atoms with Crippen LogP contribution in [0.4, 0.5) is 0 Å². The number of carboxylic acid groups (broad SMARTS) is 1. The number of carboxylic acids is 1. The fraction of sp³-hybridized carbons (Fsp3) is 0.263. The van der Waals surface area contributed by atoms with Gasteiger partial charge < -0.3 is 15.2 Å². The van der Waals surface area contributed by atoms with Crippen molar-refractivity contribution < 1.29 is 19.4 Å². The van der Waals surface area contributed by atoms with E-state index in [4.69, 9.17) is 21.4 Å². The third kappa shape index (κ3) is 4.12. The topological polar surface area (TPSA) is 75.6 Å². The molecule has 0 spiro atoms. The van der Waals surface area contributed by atoms with Crippen LogP contribution in [0.15, 0.2) is 48.5 Å². The summed E-state index contributed by atoms with van der Waals surface area (Å²) in [4.78, 5) is 23.2. The van der Waals surface area contributed by atoms with Gasteiger partial charge in [0.15, 0.2) is 6.61 Å². The average molecular weight is 360 g/mol. The van der Waals surface area contributed by atoms with E-state index >= 15 is 0 Å². The zero-order valence-corrected chi connectivity index (χ0v) is 14.3. The van der Waals surface area contributed by atoms with Crippen LogP contribution < -0.4 is 10.1 Å². The molecule has 1 fully saturated rings. The van der Waals surface area contributed by atoms with E-state index in [1.54, 1.807) is 24.3 Å². The summed E-state index contributed by atoms with van der Waals surface area (Å²) in [7, 11) is 0. The van der Waals surface area contributed by atoms with E-state index in [-0.39, 0.29) is 5.91 Å². The molecule has 0 heterocycles. The van der Waals surface area contributed by atoms with Gasteiger partial charge >= 0.3 is 5.97 Å². The molecule has 0 aromatic heterocycles. The number of rotatable bonds is 7. The van der Waals surface area contributed by atoms with Crippen LogP contribution in [-0.4, -0.2) is 23.6 Å². The normalized spacial score (nSPS) is 14.6. The molecule has 130 valence electrons. The van der Waals surface area contributed by atoms with E-state index in [1.165, 1.54) is 0 Å². The highest BCUT2D eigenvalue weighted by atomic mass is 35.5. The summed E-state index contributed by atoms with van der Waals surface area (Å²) in [5.41, 5.74) is 1.30. The molecule has 6 heteroatoms. The van der Waals surface area contributed by atoms with Crippen molar-refractivity contribution in [2.75, 3.05) is 6.61 Å². The second kappa shape index (κ2) is 7.15. The Balaban J connectivity index is 1.63. The molecule has 0 saturated heterocycles. The van der Waals surface area contributed by atoms with Crippen LogP contribution in [0.3, 0.4) is 0 Å². The van der Waals surface area contributed by atoms with Gasteiger partial charge in [-0.05, 0) is 48.2 Å². The number of benzene rings is 2. The molecule has 5 nitrogen and oxygen atoms in total. The van der Waals surface area contributed by atoms with Crippen molar-refractivity contribution >= 4 is 23.5 Å². The third-order valence-electron chi connectivity index (χ3n) is 4.28. The molecule has 0 atom stereocenters. The molecule has 3 rings (SSSR count). The van der Waals surface area contributed by atoms with Crippen molar-refractivity contribution in [3.63, 3.8) is 0 Å². The Bertz CT molecular complexity index is 802. The lowest BCUT2D eigenvalue weighted by molar-refractivity contribution is -0.139. The highest BCUT2D eigenvalue weighted by Gasteiger charge is 2.51. The lowest BCUT2D eigenvalue weighted by Gasteiger charge is -2.16. The third-order valence-corrected chi connectivity index (χ3v) is 4.51. The van der Waals surface area contributed by atoms with Crippen LogP contribution in [0.2, 0.25) is 5.02 Å². The van der Waals surface area contributed by atoms with E-state index in [0.717, 1.165) is 24.0 Å². The molecule has 0 bridgehead atoms. The summed E-state index contributed by atoms with van der Waals surface area (Å²) in [6.07, 6.45) is 1.61. The van der Waals surface area contributed by atoms with Gasteiger partial charge in [0.2, 0.25) is 5.91 Å². The second-order valence-electron chi connectivity index (χ2n) is 6.10. The van der Waals surface area contributed by atoms with Gasteiger partial charge in [0.25, 0.3) is 0 Å². The highest BCUT2D eigenvalue weighted by Crippen LogP contribution is 2.48. The molecular formula is C19H18ClNO4. The number of halogens is 1. The number of carbonyl (C=O) groups excluding carboxylic acids is 1. The van der Waals surface area contributed by atoms with Crippen molar-refractivity contribution in [2.45, 2.75) is 24.8 Å². The maximum Gasteiger partial charge on any atom is 0.341 e. The number of ether oxygens (including phenoxy) is 1. The Morgan fingerprint density at radius 3 is 2.60 bits per heavy atom. The smallest absolute Gasteiger partial charge is 0.341 e. The summed E-state index contributed by atoms with van der Waals surface area (Å²) in [6.45, 7) is -0.0425. The Labute approximate surface area is 150 Å². The van der Waals surface area contributed by atoms with Crippen LogP contribution >= 0.6 is 11.6 Å². The molecule has 1 amide bonds. The van der Waals surface area contributed by atoms with Crippen LogP contribution in [0.1, 0.15) is 24.0 Å². The van der Waals surface area contributed by atoms with Crippen LogP contribution in [-0.2, 0) is 21.5 Å². The van der Waals surface area contributed by atoms with Gasteiger partial charge in [-0.1, -0.05) is 35.9 Å². The van der Waals surface area contributed by atoms with Gasteiger partial charge in [-0.2, -0.15) is 0 Å². The Morgan fingerprint density at radius 1 is 1.16 bits per heavy atom. The van der Waals surface area contributed by atoms with Gasteiger partial charge in [-0.15, -0.1) is 0 Å². The Hall–Kier alpha value is -2.53. The number of nitrogens with one attached hydrogen (secondary N) is 1. The standard InChI is InChI=1S/C19H18ClNO4/c20-15-5-2-4-14(10-15)19(7-8-19)18(24)21-11-13-3-1-6-16(9-13)25-12-17(22)23/h1-6,9-10H,7-8,11-12H2,(H,21,24)(H,22,23). The lowest BCUT2D eigenvalue weighted by Crippen LogP contribution is -2.34. The van der Waals surface area contributed by atoms with E-state index in [1.807, 2.05) is 24.3 Å². The Morgan fingerprint density at radius 2 is 1.92 bits per heavy atom. The van der Waals surface area contributed by atoms with E-state index in [9.17, 15) is 9.59 Å². The van der Waals surface area contributed by atoms with Crippen molar-refractivity contribution in [3.05, 3.63) is 64.7 Å². The first-order valence-corrected chi connectivity index (χ1v) is 8.35. The molecule has 2 aromatic carbocycles. The zero-order chi connectivity index (χ0) is 17.9. The number of hydrogen-bond donors (Lipinski definition) is 2. The highest BCUT2D eigenvalue weighted by molar-refractivity contribution is 6.30. The van der Waals surface area contributed by atoms with Gasteiger partial charge in [-0.25, -0.2) is 4.79 Å². The molecule has 1 aliphatic rings. The quantitative estimate of drug-likeness (QED) is 0.796. The zero-order valence-electron chi connectivity index (χ0n) is 13.5. The van der Waals surface area contributed by atoms with Crippen LogP contribution in [0, 0.1) is 0 Å². The second-order valence-corrected chi connectivity index (χ2v) is 6.54. The first-order chi connectivity index (χ1) is 12.0. The van der Waals surface area contributed by atoms with Crippen molar-refractivity contribution in [1.82, 2.24) is 5.32 Å². The van der Waals surface area contributed by atoms with Gasteiger partial charge in [-0.3, -0.25) is 4.79 Å². The molecule has 2 N–H and O–H groups in total. The van der Waals surface area contributed by atoms with Crippen molar-refractivity contribution in [1.29, 1.82) is 0 Å². The van der Waals surface area contributed by atoms with E-state index < -0.39 is 18.0 Å². The van der Waals surface area contributed by atoms with Crippen LogP contribution in [0.5, 0.6) is 5.75 Å². The van der Waals surface area contributed by atoms with E-state index in [2.05, 4.69) is 5.32 Å². The fourth-order valence-corrected chi connectivity index (χ4v) is 2.99. The molecule has 0 aliphatic heterocycles. The molecule has 0 unspecified atom stereocenters. The molecule has 0 radical (unpaired) electrons. The minimum Gasteiger partial charge on any atom is -0.482 e. The SMILES string of the molecule is O=C(O)COc1cccc(CNC(=O)C2(c3cccc(Cl)c3)CC2)c1. The monoisotopic (exact) mass is 359 g/mol. The summed E-state index contributed by atoms with van der Waals surface area (Å²) < 4.78 is 5.15. The first kappa shape index (κ1) is 17.3. The number of amides is 1. The molecular weight excluding hydrogens is 342 g/mol. The predicted molar refractivity (Wildman–Crippen MR) is 93.8 cm³/mol. The summed E-state index contributed by atoms with van der Waals surface area (Å²) in [5.74, 6) is -0.590. The van der Waals surface area contributed by atoms with E-state index in [0.29, 0.717) is 17.3 Å². The fourth-order valence-electron chi connectivity index (χ4n) is 2.80. The van der Waals surface area contributed by atoms with Gasteiger partial charge in [0, 0.05) is 11.6 Å². The number of hydrogen-bond acceptors (Lipinski definition) is 3. The number of aliphatic carboxylic acids is 1. The van der Waals surface area contributed by atoms with Gasteiger partial charge in [0.1, 0.15) is 5.75 Å². The average Bonchev–Trinajstić information content (AvgIpc) is 3.40. The summed E-state index contributed by atoms with van der Waals surface area (Å²) >= 11 is 6.04. The minimum absolute atomic E-state index is 0.0216. The maximum absolute atomic E-state index is 12.6. The van der Waals surface area contributed by atoms with Crippen LogP contribution in [0.25, 0.3) is 0 Å². The number of carbonyl (C=O) groups is 2. The minimum atomic E-state index is -1.03. The van der Waals surface area contributed by atoms with Crippen molar-refractivity contribution in [2.24, 2.45) is 0 Å². The summed E-state index contributed by atoms with van der Waals surface area (Å²) in [6, 6.07) is 14.4. The molecule has 1 saturated carbocycles. The maximum atomic E-state index is 12.6.